The Bertz CT molecular complexity index is 699. The van der Waals surface area contributed by atoms with Crippen LogP contribution in [0.3, 0.4) is 0 Å². The van der Waals surface area contributed by atoms with E-state index in [0.29, 0.717) is 24.3 Å². The number of carbonyl (C=O) groups is 1. The second-order valence-corrected chi connectivity index (χ2v) is 7.98. The molecule has 0 radical (unpaired) electrons. The SMILES string of the molecule is O=C(N[C@@H]1COCC[C@H]1NCC1CC1)c1ccc(C(F)(F)F)cc1C1CC1. The van der Waals surface area contributed by atoms with E-state index in [4.69, 9.17) is 4.74 Å². The molecule has 0 bridgehead atoms. The summed E-state index contributed by atoms with van der Waals surface area (Å²) in [5.74, 6) is 0.486. The smallest absolute Gasteiger partial charge is 0.379 e. The highest BCUT2D eigenvalue weighted by Crippen LogP contribution is 2.43. The summed E-state index contributed by atoms with van der Waals surface area (Å²) in [6, 6.07) is 3.44. The van der Waals surface area contributed by atoms with Crippen LogP contribution in [-0.2, 0) is 10.9 Å². The van der Waals surface area contributed by atoms with Gasteiger partial charge in [-0.1, -0.05) is 0 Å². The average molecular weight is 382 g/mol. The fraction of sp³-hybridized carbons (Fsp3) is 0.650. The third kappa shape index (κ3) is 4.63. The molecule has 0 unspecified atom stereocenters. The van der Waals surface area contributed by atoms with Crippen molar-refractivity contribution >= 4 is 5.91 Å². The molecule has 1 amide bonds. The summed E-state index contributed by atoms with van der Waals surface area (Å²) in [4.78, 5) is 12.8. The first kappa shape index (κ1) is 18.7. The van der Waals surface area contributed by atoms with Gasteiger partial charge in [-0.2, -0.15) is 13.2 Å². The third-order valence-corrected chi connectivity index (χ3v) is 5.68. The molecule has 2 aliphatic carbocycles. The Hall–Kier alpha value is -1.60. The van der Waals surface area contributed by atoms with Gasteiger partial charge in [0.05, 0.1) is 18.2 Å². The lowest BCUT2D eigenvalue weighted by Gasteiger charge is -2.33. The molecule has 1 heterocycles. The van der Waals surface area contributed by atoms with Crippen molar-refractivity contribution in [3.8, 4) is 0 Å². The molecular formula is C20H25F3N2O2. The number of halogens is 3. The number of alkyl halides is 3. The van der Waals surface area contributed by atoms with Gasteiger partial charge < -0.3 is 15.4 Å². The minimum atomic E-state index is -4.40. The molecule has 1 aromatic rings. The fourth-order valence-electron chi connectivity index (χ4n) is 3.69. The highest BCUT2D eigenvalue weighted by atomic mass is 19.4. The normalized spacial score (nSPS) is 26.0. The zero-order valence-corrected chi connectivity index (χ0v) is 15.1. The molecule has 7 heteroatoms. The van der Waals surface area contributed by atoms with E-state index in [9.17, 15) is 18.0 Å². The lowest BCUT2D eigenvalue weighted by atomic mass is 9.97. The van der Waals surface area contributed by atoms with Gasteiger partial charge in [-0.3, -0.25) is 4.79 Å². The topological polar surface area (TPSA) is 50.4 Å². The Balaban J connectivity index is 1.47. The molecule has 3 aliphatic rings. The monoisotopic (exact) mass is 382 g/mol. The van der Waals surface area contributed by atoms with Crippen molar-refractivity contribution in [2.75, 3.05) is 19.8 Å². The van der Waals surface area contributed by atoms with E-state index in [1.807, 2.05) is 0 Å². The van der Waals surface area contributed by atoms with Crippen LogP contribution in [0.1, 0.15) is 59.5 Å². The maximum atomic E-state index is 13.0. The minimum Gasteiger partial charge on any atom is -0.379 e. The van der Waals surface area contributed by atoms with Crippen LogP contribution >= 0.6 is 0 Å². The molecule has 1 aromatic carbocycles. The molecular weight excluding hydrogens is 357 g/mol. The van der Waals surface area contributed by atoms with Gasteiger partial charge in [0.15, 0.2) is 0 Å². The zero-order chi connectivity index (χ0) is 19.0. The van der Waals surface area contributed by atoms with Crippen molar-refractivity contribution in [1.29, 1.82) is 0 Å². The van der Waals surface area contributed by atoms with E-state index in [2.05, 4.69) is 10.6 Å². The van der Waals surface area contributed by atoms with Gasteiger partial charge in [0, 0.05) is 18.2 Å². The van der Waals surface area contributed by atoms with Crippen LogP contribution in [0.25, 0.3) is 0 Å². The standard InChI is InChI=1S/C20H25F3N2O2/c21-20(22,23)14-5-6-15(16(9-14)13-3-4-13)19(26)25-18-11-27-8-7-17(18)24-10-12-1-2-12/h5-6,9,12-13,17-18,24H,1-4,7-8,10-11H2,(H,25,26)/t17-,18-/m1/s1. The van der Waals surface area contributed by atoms with E-state index < -0.39 is 11.7 Å². The Morgan fingerprint density at radius 2 is 1.89 bits per heavy atom. The number of nitrogens with one attached hydrogen (secondary N) is 2. The first-order valence-electron chi connectivity index (χ1n) is 9.75. The lowest BCUT2D eigenvalue weighted by Crippen LogP contribution is -2.55. The third-order valence-electron chi connectivity index (χ3n) is 5.68. The molecule has 1 saturated heterocycles. The summed E-state index contributed by atoms with van der Waals surface area (Å²) in [5.41, 5.74) is 0.185. The number of benzene rings is 1. The van der Waals surface area contributed by atoms with Crippen LogP contribution in [0.5, 0.6) is 0 Å². The first-order chi connectivity index (χ1) is 12.9. The van der Waals surface area contributed by atoms with Crippen molar-refractivity contribution < 1.29 is 22.7 Å². The number of amides is 1. The lowest BCUT2D eigenvalue weighted by molar-refractivity contribution is -0.137. The molecule has 1 aliphatic heterocycles. The van der Waals surface area contributed by atoms with Crippen molar-refractivity contribution in [1.82, 2.24) is 10.6 Å². The summed E-state index contributed by atoms with van der Waals surface area (Å²) in [6.07, 6.45) is 0.598. The Kier molecular flexibility index (Phi) is 5.16. The molecule has 27 heavy (non-hydrogen) atoms. The molecule has 3 fully saturated rings. The summed E-state index contributed by atoms with van der Waals surface area (Å²) < 4.78 is 44.6. The van der Waals surface area contributed by atoms with Gasteiger partial charge in [-0.05, 0) is 74.2 Å². The molecule has 2 atom stereocenters. The second kappa shape index (κ2) is 7.43. The molecule has 0 aromatic heterocycles. The van der Waals surface area contributed by atoms with Crippen LogP contribution in [-0.4, -0.2) is 37.7 Å². The molecule has 148 valence electrons. The average Bonchev–Trinajstić information content (AvgIpc) is 3.54. The molecule has 2 saturated carbocycles. The van der Waals surface area contributed by atoms with Crippen LogP contribution in [0.2, 0.25) is 0 Å². The zero-order valence-electron chi connectivity index (χ0n) is 15.1. The first-order valence-corrected chi connectivity index (χ1v) is 9.75. The number of hydrogen-bond acceptors (Lipinski definition) is 3. The predicted octanol–water partition coefficient (Wildman–Crippen LogP) is 3.47. The number of carbonyl (C=O) groups excluding carboxylic acids is 1. The van der Waals surface area contributed by atoms with Crippen LogP contribution in [0, 0.1) is 5.92 Å². The second-order valence-electron chi connectivity index (χ2n) is 7.98. The predicted molar refractivity (Wildman–Crippen MR) is 94.6 cm³/mol. The molecule has 4 rings (SSSR count). The highest BCUT2D eigenvalue weighted by Gasteiger charge is 2.36. The summed E-state index contributed by atoms with van der Waals surface area (Å²) >= 11 is 0. The number of rotatable bonds is 6. The van der Waals surface area contributed by atoms with E-state index in [1.54, 1.807) is 0 Å². The van der Waals surface area contributed by atoms with E-state index >= 15 is 0 Å². The van der Waals surface area contributed by atoms with Crippen LogP contribution < -0.4 is 10.6 Å². The fourth-order valence-corrected chi connectivity index (χ4v) is 3.69. The number of ether oxygens (including phenoxy) is 1. The Labute approximate surface area is 156 Å². The maximum absolute atomic E-state index is 13.0. The summed E-state index contributed by atoms with van der Waals surface area (Å²) in [5, 5.41) is 6.53. The van der Waals surface area contributed by atoms with Crippen molar-refractivity contribution in [2.45, 2.75) is 56.3 Å². The van der Waals surface area contributed by atoms with Crippen molar-refractivity contribution in [3.05, 3.63) is 34.9 Å². The van der Waals surface area contributed by atoms with Gasteiger partial charge in [0.25, 0.3) is 5.91 Å². The highest BCUT2D eigenvalue weighted by molar-refractivity contribution is 5.96. The Morgan fingerprint density at radius 1 is 1.11 bits per heavy atom. The van der Waals surface area contributed by atoms with Gasteiger partial charge in [-0.15, -0.1) is 0 Å². The molecule has 0 spiro atoms. The van der Waals surface area contributed by atoms with E-state index in [0.717, 1.165) is 43.9 Å². The van der Waals surface area contributed by atoms with E-state index in [-0.39, 0.29) is 23.9 Å². The van der Waals surface area contributed by atoms with Gasteiger partial charge in [-0.25, -0.2) is 0 Å². The number of hydrogen-bond donors (Lipinski definition) is 2. The summed E-state index contributed by atoms with van der Waals surface area (Å²) in [7, 11) is 0. The van der Waals surface area contributed by atoms with Gasteiger partial charge in [0.1, 0.15) is 0 Å². The van der Waals surface area contributed by atoms with Gasteiger partial charge >= 0.3 is 6.18 Å². The van der Waals surface area contributed by atoms with E-state index in [1.165, 1.54) is 18.9 Å². The van der Waals surface area contributed by atoms with Crippen molar-refractivity contribution in [3.63, 3.8) is 0 Å². The largest absolute Gasteiger partial charge is 0.416 e. The van der Waals surface area contributed by atoms with Gasteiger partial charge in [0.2, 0.25) is 0 Å². The quantitative estimate of drug-likeness (QED) is 0.792. The summed E-state index contributed by atoms with van der Waals surface area (Å²) in [6.45, 7) is 2.03. The van der Waals surface area contributed by atoms with Crippen molar-refractivity contribution in [2.24, 2.45) is 5.92 Å². The van der Waals surface area contributed by atoms with Crippen LogP contribution in [0.15, 0.2) is 18.2 Å². The molecule has 4 nitrogen and oxygen atoms in total. The van der Waals surface area contributed by atoms with Crippen LogP contribution in [0.4, 0.5) is 13.2 Å². The Morgan fingerprint density at radius 3 is 2.56 bits per heavy atom. The molecule has 2 N–H and O–H groups in total. The maximum Gasteiger partial charge on any atom is 0.416 e. The minimum absolute atomic E-state index is 0.0550.